The standard InChI is InChI=1S/C11H7F3N2O/c12-11(13,14)8-4-3-6-15-10(8)16-7-2-1-5-9(16)17/h1-7H. The molecule has 0 fully saturated rings. The van der Waals surface area contributed by atoms with Crippen LogP contribution in [-0.4, -0.2) is 9.55 Å². The van der Waals surface area contributed by atoms with E-state index in [1.807, 2.05) is 0 Å². The van der Waals surface area contributed by atoms with Gasteiger partial charge in [-0.1, -0.05) is 6.07 Å². The number of nitrogens with zero attached hydrogens (tertiary/aromatic N) is 2. The highest BCUT2D eigenvalue weighted by atomic mass is 19.4. The van der Waals surface area contributed by atoms with Crippen LogP contribution in [0.1, 0.15) is 5.56 Å². The van der Waals surface area contributed by atoms with E-state index < -0.39 is 23.1 Å². The van der Waals surface area contributed by atoms with Gasteiger partial charge in [-0.15, -0.1) is 0 Å². The number of rotatable bonds is 1. The van der Waals surface area contributed by atoms with E-state index in [0.29, 0.717) is 0 Å². The van der Waals surface area contributed by atoms with Crippen LogP contribution in [0, 0.1) is 0 Å². The molecule has 3 nitrogen and oxygen atoms in total. The molecule has 0 spiro atoms. The number of alkyl halides is 3. The van der Waals surface area contributed by atoms with Crippen LogP contribution < -0.4 is 5.56 Å². The van der Waals surface area contributed by atoms with Gasteiger partial charge in [-0.25, -0.2) is 4.98 Å². The zero-order chi connectivity index (χ0) is 12.5. The Hall–Kier alpha value is -2.11. The fourth-order valence-corrected chi connectivity index (χ4v) is 1.41. The third kappa shape index (κ3) is 2.20. The minimum atomic E-state index is -4.54. The topological polar surface area (TPSA) is 34.9 Å². The van der Waals surface area contributed by atoms with Crippen LogP contribution in [0.3, 0.4) is 0 Å². The van der Waals surface area contributed by atoms with Crippen molar-refractivity contribution in [3.8, 4) is 5.82 Å². The summed E-state index contributed by atoms with van der Waals surface area (Å²) in [7, 11) is 0. The van der Waals surface area contributed by atoms with Crippen molar-refractivity contribution in [2.45, 2.75) is 6.18 Å². The minimum Gasteiger partial charge on any atom is -0.269 e. The SMILES string of the molecule is O=c1ccccn1-c1ncccc1C(F)(F)F. The molecule has 0 aliphatic carbocycles. The van der Waals surface area contributed by atoms with E-state index in [1.54, 1.807) is 0 Å². The van der Waals surface area contributed by atoms with Crippen molar-refractivity contribution in [2.24, 2.45) is 0 Å². The number of pyridine rings is 2. The second kappa shape index (κ2) is 4.04. The van der Waals surface area contributed by atoms with Crippen LogP contribution in [0.4, 0.5) is 13.2 Å². The maximum Gasteiger partial charge on any atom is 0.419 e. The molecule has 2 aromatic heterocycles. The van der Waals surface area contributed by atoms with Crippen LogP contribution in [0.25, 0.3) is 5.82 Å². The lowest BCUT2D eigenvalue weighted by atomic mass is 10.2. The van der Waals surface area contributed by atoms with Gasteiger partial charge >= 0.3 is 6.18 Å². The molecule has 0 saturated carbocycles. The molecule has 0 atom stereocenters. The second-order valence-corrected chi connectivity index (χ2v) is 3.28. The largest absolute Gasteiger partial charge is 0.419 e. The maximum atomic E-state index is 12.7. The van der Waals surface area contributed by atoms with Crippen LogP contribution in [0.5, 0.6) is 0 Å². The maximum absolute atomic E-state index is 12.7. The van der Waals surface area contributed by atoms with E-state index in [0.717, 1.165) is 10.6 Å². The zero-order valence-corrected chi connectivity index (χ0v) is 8.48. The molecule has 0 aromatic carbocycles. The van der Waals surface area contributed by atoms with E-state index in [4.69, 9.17) is 0 Å². The Morgan fingerprint density at radius 1 is 1.12 bits per heavy atom. The van der Waals surface area contributed by atoms with Crippen molar-refractivity contribution in [3.63, 3.8) is 0 Å². The number of hydrogen-bond acceptors (Lipinski definition) is 2. The van der Waals surface area contributed by atoms with Gasteiger partial charge in [0.05, 0.1) is 5.56 Å². The molecule has 0 amide bonds. The highest BCUT2D eigenvalue weighted by molar-refractivity contribution is 5.36. The Labute approximate surface area is 94.2 Å². The number of halogens is 3. The molecule has 2 rings (SSSR count). The average molecular weight is 240 g/mol. The first-order valence-electron chi connectivity index (χ1n) is 4.70. The predicted octanol–water partition coefficient (Wildman–Crippen LogP) is 2.25. The van der Waals surface area contributed by atoms with Crippen molar-refractivity contribution in [1.29, 1.82) is 0 Å². The summed E-state index contributed by atoms with van der Waals surface area (Å²) < 4.78 is 39.0. The molecule has 0 N–H and O–H groups in total. The minimum absolute atomic E-state index is 0.411. The molecule has 0 aliphatic heterocycles. The van der Waals surface area contributed by atoms with Crippen molar-refractivity contribution < 1.29 is 13.2 Å². The molecule has 2 aromatic rings. The molecular formula is C11H7F3N2O. The molecule has 17 heavy (non-hydrogen) atoms. The van der Waals surface area contributed by atoms with E-state index in [2.05, 4.69) is 4.98 Å². The summed E-state index contributed by atoms with van der Waals surface area (Å²) in [5.74, 6) is -0.411. The molecule has 0 radical (unpaired) electrons. The first-order valence-corrected chi connectivity index (χ1v) is 4.70. The van der Waals surface area contributed by atoms with Gasteiger partial charge in [0.25, 0.3) is 5.56 Å². The smallest absolute Gasteiger partial charge is 0.269 e. The summed E-state index contributed by atoms with van der Waals surface area (Å²) in [5, 5.41) is 0. The Balaban J connectivity index is 2.69. The Bertz CT molecular complexity index is 590. The van der Waals surface area contributed by atoms with Crippen molar-refractivity contribution in [3.05, 3.63) is 58.6 Å². The summed E-state index contributed by atoms with van der Waals surface area (Å²) in [5.41, 5.74) is -1.50. The van der Waals surface area contributed by atoms with Crippen LogP contribution in [0.15, 0.2) is 47.5 Å². The first-order chi connectivity index (χ1) is 8.00. The molecule has 2 heterocycles. The zero-order valence-electron chi connectivity index (χ0n) is 8.48. The highest BCUT2D eigenvalue weighted by Gasteiger charge is 2.34. The van der Waals surface area contributed by atoms with Gasteiger partial charge in [0, 0.05) is 18.5 Å². The summed E-state index contributed by atoms with van der Waals surface area (Å²) in [6.07, 6.45) is -2.08. The second-order valence-electron chi connectivity index (χ2n) is 3.28. The summed E-state index contributed by atoms with van der Waals surface area (Å²) in [6, 6.07) is 6.17. The Kier molecular flexibility index (Phi) is 2.71. The third-order valence-electron chi connectivity index (χ3n) is 2.14. The lowest BCUT2D eigenvalue weighted by Crippen LogP contribution is -2.21. The first kappa shape index (κ1) is 11.4. The van der Waals surface area contributed by atoms with E-state index in [1.165, 1.54) is 36.7 Å². The Morgan fingerprint density at radius 2 is 1.88 bits per heavy atom. The van der Waals surface area contributed by atoms with Gasteiger partial charge in [-0.05, 0) is 18.2 Å². The van der Waals surface area contributed by atoms with Gasteiger partial charge in [0.1, 0.15) is 0 Å². The molecule has 0 bridgehead atoms. The lowest BCUT2D eigenvalue weighted by Gasteiger charge is -2.12. The van der Waals surface area contributed by atoms with Crippen LogP contribution in [0.2, 0.25) is 0 Å². The molecular weight excluding hydrogens is 233 g/mol. The van der Waals surface area contributed by atoms with E-state index in [-0.39, 0.29) is 0 Å². The number of hydrogen-bond donors (Lipinski definition) is 0. The summed E-state index contributed by atoms with van der Waals surface area (Å²) >= 11 is 0. The van der Waals surface area contributed by atoms with Gasteiger partial charge < -0.3 is 0 Å². The molecule has 6 heteroatoms. The van der Waals surface area contributed by atoms with Crippen LogP contribution >= 0.6 is 0 Å². The molecule has 0 unspecified atom stereocenters. The average Bonchev–Trinajstić information content (AvgIpc) is 2.28. The fourth-order valence-electron chi connectivity index (χ4n) is 1.41. The van der Waals surface area contributed by atoms with Gasteiger partial charge in [0.15, 0.2) is 5.82 Å². The lowest BCUT2D eigenvalue weighted by molar-refractivity contribution is -0.137. The number of aromatic nitrogens is 2. The highest BCUT2D eigenvalue weighted by Crippen LogP contribution is 2.31. The van der Waals surface area contributed by atoms with Crippen molar-refractivity contribution in [1.82, 2.24) is 9.55 Å². The normalized spacial score (nSPS) is 11.5. The van der Waals surface area contributed by atoms with Gasteiger partial charge in [0.2, 0.25) is 0 Å². The third-order valence-corrected chi connectivity index (χ3v) is 2.14. The fraction of sp³-hybridized carbons (Fsp3) is 0.0909. The molecule has 0 saturated heterocycles. The molecule has 0 aliphatic rings. The summed E-state index contributed by atoms with van der Waals surface area (Å²) in [4.78, 5) is 15.1. The quantitative estimate of drug-likeness (QED) is 0.766. The van der Waals surface area contributed by atoms with Crippen molar-refractivity contribution >= 4 is 0 Å². The van der Waals surface area contributed by atoms with Gasteiger partial charge in [-0.3, -0.25) is 9.36 Å². The van der Waals surface area contributed by atoms with Crippen molar-refractivity contribution in [2.75, 3.05) is 0 Å². The monoisotopic (exact) mass is 240 g/mol. The van der Waals surface area contributed by atoms with Gasteiger partial charge in [-0.2, -0.15) is 13.2 Å². The predicted molar refractivity (Wildman–Crippen MR) is 54.8 cm³/mol. The molecule has 88 valence electrons. The van der Waals surface area contributed by atoms with E-state index in [9.17, 15) is 18.0 Å². The Morgan fingerprint density at radius 3 is 2.53 bits per heavy atom. The summed E-state index contributed by atoms with van der Waals surface area (Å²) in [6.45, 7) is 0. The van der Waals surface area contributed by atoms with E-state index >= 15 is 0 Å². The van der Waals surface area contributed by atoms with Crippen LogP contribution in [-0.2, 0) is 6.18 Å².